The number of aromatic nitrogens is 2. The number of rotatable bonds is 6. The number of piperidine rings is 1. The van der Waals surface area contributed by atoms with Crippen LogP contribution in [0.4, 0.5) is 0 Å². The summed E-state index contributed by atoms with van der Waals surface area (Å²) in [5, 5.41) is 0. The maximum Gasteiger partial charge on any atom is 0.226 e. The molecule has 0 spiro atoms. The molecule has 2 aliphatic rings. The van der Waals surface area contributed by atoms with E-state index in [9.17, 15) is 4.79 Å². The molecule has 2 atom stereocenters. The van der Waals surface area contributed by atoms with E-state index in [0.29, 0.717) is 23.3 Å². The van der Waals surface area contributed by atoms with Gasteiger partial charge in [-0.25, -0.2) is 4.98 Å². The largest absolute Gasteiger partial charge is 0.339 e. The van der Waals surface area contributed by atoms with Gasteiger partial charge >= 0.3 is 0 Å². The number of likely N-dealkylation sites (tertiary alicyclic amines) is 1. The Hall–Kier alpha value is -1.32. The number of carbonyl (C=O) groups is 1. The number of nitrogens with zero attached hydrogens (tertiary/aromatic N) is 3. The van der Waals surface area contributed by atoms with Crippen LogP contribution in [0.5, 0.6) is 0 Å². The fourth-order valence-electron chi connectivity index (χ4n) is 4.45. The molecule has 2 unspecified atom stereocenters. The van der Waals surface area contributed by atoms with Crippen LogP contribution in [0.15, 0.2) is 12.4 Å². The molecule has 23 heavy (non-hydrogen) atoms. The van der Waals surface area contributed by atoms with Crippen LogP contribution in [0.1, 0.15) is 64.6 Å². The standard InChI is InChI=1S/C19H31N3O/c1-4-19(5-2)14-17(19)18(23)22-11-7-6-8-16(22)9-12-21-13-10-20-15(21)3/h10,13,16-17H,4-9,11-12,14H2,1-3H3. The van der Waals surface area contributed by atoms with Gasteiger partial charge in [0.2, 0.25) is 5.91 Å². The second kappa shape index (κ2) is 6.66. The summed E-state index contributed by atoms with van der Waals surface area (Å²) in [4.78, 5) is 19.6. The maximum absolute atomic E-state index is 13.0. The molecule has 1 aromatic heterocycles. The van der Waals surface area contributed by atoms with Crippen LogP contribution >= 0.6 is 0 Å². The van der Waals surface area contributed by atoms with Gasteiger partial charge in [0, 0.05) is 37.4 Å². The van der Waals surface area contributed by atoms with E-state index in [2.05, 4.69) is 28.3 Å². The molecule has 0 bridgehead atoms. The molecule has 1 saturated carbocycles. The van der Waals surface area contributed by atoms with Gasteiger partial charge in [-0.1, -0.05) is 13.8 Å². The molecule has 2 heterocycles. The molecule has 2 fully saturated rings. The molecule has 1 aliphatic carbocycles. The predicted octanol–water partition coefficient (Wildman–Crippen LogP) is 3.79. The highest BCUT2D eigenvalue weighted by Crippen LogP contribution is 2.58. The zero-order valence-corrected chi connectivity index (χ0v) is 14.9. The van der Waals surface area contributed by atoms with Crippen LogP contribution in [0, 0.1) is 18.3 Å². The lowest BCUT2D eigenvalue weighted by Crippen LogP contribution is -2.45. The smallest absolute Gasteiger partial charge is 0.226 e. The van der Waals surface area contributed by atoms with E-state index in [1.807, 2.05) is 19.3 Å². The molecule has 0 aromatic carbocycles. The van der Waals surface area contributed by atoms with E-state index in [0.717, 1.165) is 51.0 Å². The molecule has 4 heteroatoms. The quantitative estimate of drug-likeness (QED) is 0.800. The van der Waals surface area contributed by atoms with Gasteiger partial charge in [-0.15, -0.1) is 0 Å². The second-order valence-electron chi connectivity index (χ2n) is 7.46. The topological polar surface area (TPSA) is 38.1 Å². The minimum Gasteiger partial charge on any atom is -0.339 e. The molecular formula is C19H31N3O. The first-order valence-corrected chi connectivity index (χ1v) is 9.39. The third-order valence-corrected chi connectivity index (χ3v) is 6.43. The summed E-state index contributed by atoms with van der Waals surface area (Å²) in [6.07, 6.45) is 12.0. The highest BCUT2D eigenvalue weighted by molar-refractivity contribution is 5.83. The van der Waals surface area contributed by atoms with E-state index in [1.165, 1.54) is 12.8 Å². The van der Waals surface area contributed by atoms with Gasteiger partial charge in [0.05, 0.1) is 0 Å². The molecule has 1 saturated heterocycles. The van der Waals surface area contributed by atoms with Crippen molar-refractivity contribution in [3.63, 3.8) is 0 Å². The monoisotopic (exact) mass is 317 g/mol. The van der Waals surface area contributed by atoms with E-state index in [4.69, 9.17) is 0 Å². The van der Waals surface area contributed by atoms with Crippen molar-refractivity contribution < 1.29 is 4.79 Å². The van der Waals surface area contributed by atoms with Gasteiger partial charge in [0.15, 0.2) is 0 Å². The molecule has 0 N–H and O–H groups in total. The third-order valence-electron chi connectivity index (χ3n) is 6.43. The highest BCUT2D eigenvalue weighted by Gasteiger charge is 2.56. The first-order valence-electron chi connectivity index (χ1n) is 9.39. The molecule has 4 nitrogen and oxygen atoms in total. The van der Waals surface area contributed by atoms with Gasteiger partial charge in [-0.3, -0.25) is 4.79 Å². The minimum absolute atomic E-state index is 0.299. The van der Waals surface area contributed by atoms with Gasteiger partial charge in [-0.05, 0) is 57.3 Å². The zero-order valence-electron chi connectivity index (χ0n) is 14.9. The molecule has 3 rings (SSSR count). The van der Waals surface area contributed by atoms with Gasteiger partial charge in [0.25, 0.3) is 0 Å². The summed E-state index contributed by atoms with van der Waals surface area (Å²) in [6, 6.07) is 0.421. The van der Waals surface area contributed by atoms with E-state index < -0.39 is 0 Å². The van der Waals surface area contributed by atoms with Crippen molar-refractivity contribution in [3.05, 3.63) is 18.2 Å². The lowest BCUT2D eigenvalue weighted by Gasteiger charge is -2.37. The average Bonchev–Trinajstić information content (AvgIpc) is 3.19. The number of hydrogen-bond donors (Lipinski definition) is 0. The average molecular weight is 317 g/mol. The molecular weight excluding hydrogens is 286 g/mol. The Kier molecular flexibility index (Phi) is 4.79. The number of hydrogen-bond acceptors (Lipinski definition) is 2. The van der Waals surface area contributed by atoms with Crippen molar-refractivity contribution in [2.24, 2.45) is 11.3 Å². The van der Waals surface area contributed by atoms with E-state index in [-0.39, 0.29) is 0 Å². The van der Waals surface area contributed by atoms with Crippen LogP contribution < -0.4 is 0 Å². The Bertz CT molecular complexity index is 547. The molecule has 1 aliphatic heterocycles. The Balaban J connectivity index is 1.62. The SMILES string of the molecule is CCC1(CC)CC1C(=O)N1CCCCC1CCn1ccnc1C. The zero-order chi connectivity index (χ0) is 16.4. The van der Waals surface area contributed by atoms with Crippen molar-refractivity contribution in [1.29, 1.82) is 0 Å². The predicted molar refractivity (Wildman–Crippen MR) is 92.1 cm³/mol. The van der Waals surface area contributed by atoms with Crippen molar-refractivity contribution in [2.75, 3.05) is 6.54 Å². The lowest BCUT2D eigenvalue weighted by atomic mass is 9.94. The molecule has 0 radical (unpaired) electrons. The summed E-state index contributed by atoms with van der Waals surface area (Å²) in [5.41, 5.74) is 0.319. The van der Waals surface area contributed by atoms with Crippen LogP contribution in [0.25, 0.3) is 0 Å². The lowest BCUT2D eigenvalue weighted by molar-refractivity contribution is -0.137. The Morgan fingerprint density at radius 2 is 2.13 bits per heavy atom. The summed E-state index contributed by atoms with van der Waals surface area (Å²) in [7, 11) is 0. The van der Waals surface area contributed by atoms with Crippen molar-refractivity contribution in [3.8, 4) is 0 Å². The van der Waals surface area contributed by atoms with Crippen molar-refractivity contribution in [2.45, 2.75) is 78.3 Å². The molecule has 1 aromatic rings. The summed E-state index contributed by atoms with van der Waals surface area (Å²) in [5.74, 6) is 1.81. The van der Waals surface area contributed by atoms with Crippen molar-refractivity contribution >= 4 is 5.91 Å². The summed E-state index contributed by atoms with van der Waals surface area (Å²) in [6.45, 7) is 8.47. The second-order valence-corrected chi connectivity index (χ2v) is 7.46. The van der Waals surface area contributed by atoms with Crippen LogP contribution in [-0.2, 0) is 11.3 Å². The van der Waals surface area contributed by atoms with Crippen LogP contribution in [0.2, 0.25) is 0 Å². The van der Waals surface area contributed by atoms with E-state index >= 15 is 0 Å². The van der Waals surface area contributed by atoms with E-state index in [1.54, 1.807) is 0 Å². The Morgan fingerprint density at radius 1 is 1.35 bits per heavy atom. The number of imidazole rings is 1. The summed E-state index contributed by atoms with van der Waals surface area (Å²) >= 11 is 0. The van der Waals surface area contributed by atoms with Gasteiger partial charge < -0.3 is 9.47 Å². The number of aryl methyl sites for hydroxylation is 2. The van der Waals surface area contributed by atoms with Crippen LogP contribution in [0.3, 0.4) is 0 Å². The fourth-order valence-corrected chi connectivity index (χ4v) is 4.45. The van der Waals surface area contributed by atoms with Gasteiger partial charge in [-0.2, -0.15) is 0 Å². The summed E-state index contributed by atoms with van der Waals surface area (Å²) < 4.78 is 2.21. The fraction of sp³-hybridized carbons (Fsp3) is 0.789. The molecule has 1 amide bonds. The van der Waals surface area contributed by atoms with Crippen molar-refractivity contribution in [1.82, 2.24) is 14.5 Å². The highest BCUT2D eigenvalue weighted by atomic mass is 16.2. The first-order chi connectivity index (χ1) is 11.1. The normalized spacial score (nSPS) is 26.3. The number of carbonyl (C=O) groups excluding carboxylic acids is 1. The third kappa shape index (κ3) is 3.17. The number of amides is 1. The van der Waals surface area contributed by atoms with Crippen LogP contribution in [-0.4, -0.2) is 32.9 Å². The Labute approximate surface area is 140 Å². The van der Waals surface area contributed by atoms with Gasteiger partial charge in [0.1, 0.15) is 5.82 Å². The maximum atomic E-state index is 13.0. The Morgan fingerprint density at radius 3 is 2.74 bits per heavy atom. The molecule has 128 valence electrons. The minimum atomic E-state index is 0.299. The first kappa shape index (κ1) is 16.5.